The monoisotopic (exact) mass is 2010 g/mol. The van der Waals surface area contributed by atoms with Crippen molar-refractivity contribution in [2.24, 2.45) is 17.6 Å². The topological polar surface area (TPSA) is 508 Å². The van der Waals surface area contributed by atoms with Crippen molar-refractivity contribution in [3.8, 4) is 0 Å². The third-order valence-electron chi connectivity index (χ3n) is 17.1. The van der Waals surface area contributed by atoms with Crippen LogP contribution in [0.5, 0.6) is 0 Å². The number of alkyl carbamates (subject to hydrolysis) is 1. The predicted molar refractivity (Wildman–Crippen MR) is 485 cm³/mol. The van der Waals surface area contributed by atoms with Crippen LogP contribution in [0.4, 0.5) is 16.2 Å². The Bertz CT molecular complexity index is 4100. The largest absolute Gasteiger partial charge is 0.481 e. The molecule has 36 nitrogen and oxygen atoms in total. The van der Waals surface area contributed by atoms with Gasteiger partial charge in [-0.3, -0.25) is 62.3 Å². The second kappa shape index (κ2) is 61.2. The molecule has 0 aliphatic heterocycles. The Hall–Kier alpha value is -9.37. The minimum Gasteiger partial charge on any atom is -0.481 e. The molecule has 0 aliphatic rings. The molecule has 0 spiro atoms. The van der Waals surface area contributed by atoms with Gasteiger partial charge in [0.2, 0.25) is 23.6 Å². The number of hydrogen-bond acceptors (Lipinski definition) is 27. The van der Waals surface area contributed by atoms with E-state index in [0.717, 1.165) is 7.14 Å². The van der Waals surface area contributed by atoms with Crippen molar-refractivity contribution >= 4 is 145 Å². The molecule has 38 heteroatoms. The first-order chi connectivity index (χ1) is 60.0. The number of halogens is 2. The highest BCUT2D eigenvalue weighted by molar-refractivity contribution is 14.1. The van der Waals surface area contributed by atoms with E-state index >= 15 is 0 Å². The van der Waals surface area contributed by atoms with Crippen molar-refractivity contribution in [3.05, 3.63) is 125 Å². The number of carboxylic acids is 2. The number of rotatable bonds is 61. The fourth-order valence-electron chi connectivity index (χ4n) is 10.8. The number of hydrogen-bond donors (Lipinski definition) is 10. The van der Waals surface area contributed by atoms with Crippen molar-refractivity contribution in [2.75, 3.05) is 143 Å². The number of aliphatic carboxylic acids is 2. The first kappa shape index (κ1) is 112. The molecular weight excluding hydrogens is 1880 g/mol. The maximum Gasteiger partial charge on any atom is 0.408 e. The first-order valence-corrected chi connectivity index (χ1v) is 44.1. The number of carbonyl (C=O) groups excluding carboxylic acids is 13. The minimum atomic E-state index is -1.27. The van der Waals surface area contributed by atoms with Gasteiger partial charge < -0.3 is 105 Å². The summed E-state index contributed by atoms with van der Waals surface area (Å²) >= 11 is 4.28. The summed E-state index contributed by atoms with van der Waals surface area (Å²) in [5, 5.41) is 36.1. The van der Waals surface area contributed by atoms with E-state index in [1.165, 1.54) is 25.1 Å². The maximum atomic E-state index is 13.4. The zero-order chi connectivity index (χ0) is 94.5. The predicted octanol–water partition coefficient (Wildman–Crippen LogP) is 9.44. The number of Topliss-reactive ketones (excluding diaryl/α,β-unsaturated/α-hetero) is 4. The van der Waals surface area contributed by atoms with Crippen LogP contribution in [0.1, 0.15) is 215 Å². The van der Waals surface area contributed by atoms with E-state index in [2.05, 4.69) is 82.4 Å². The molecule has 0 aliphatic carbocycles. The maximum absolute atomic E-state index is 13.4. The Labute approximate surface area is 768 Å². The van der Waals surface area contributed by atoms with E-state index in [-0.39, 0.29) is 240 Å². The summed E-state index contributed by atoms with van der Waals surface area (Å²) in [7, 11) is 0. The van der Waals surface area contributed by atoms with Crippen LogP contribution in [-0.4, -0.2) is 260 Å². The third-order valence-corrected chi connectivity index (χ3v) is 18.6. The van der Waals surface area contributed by atoms with Crippen molar-refractivity contribution in [2.45, 2.75) is 182 Å². The number of anilines is 2. The van der Waals surface area contributed by atoms with E-state index in [0.29, 0.717) is 48.2 Å². The second-order valence-corrected chi connectivity index (χ2v) is 34.6. The molecule has 0 fully saturated rings. The summed E-state index contributed by atoms with van der Waals surface area (Å²) in [5.74, 6) is -8.22. The smallest absolute Gasteiger partial charge is 0.408 e. The Morgan fingerprint density at radius 1 is 0.346 bits per heavy atom. The van der Waals surface area contributed by atoms with Crippen molar-refractivity contribution < 1.29 is 134 Å². The van der Waals surface area contributed by atoms with Crippen LogP contribution in [0, 0.1) is 19.0 Å². The molecule has 0 aromatic heterocycles. The van der Waals surface area contributed by atoms with Gasteiger partial charge in [0, 0.05) is 143 Å². The van der Waals surface area contributed by atoms with E-state index < -0.39 is 94.3 Å². The number of nitrogens with two attached hydrogens (primary N) is 1. The Kier molecular flexibility index (Phi) is 53.9. The third kappa shape index (κ3) is 53.3. The van der Waals surface area contributed by atoms with E-state index in [4.69, 9.17) is 68.1 Å². The van der Waals surface area contributed by atoms with Gasteiger partial charge in [0.15, 0.2) is 23.1 Å². The molecule has 0 heterocycles. The molecule has 4 atom stereocenters. The summed E-state index contributed by atoms with van der Waals surface area (Å²) in [6.45, 7) is 23.1. The van der Waals surface area contributed by atoms with Gasteiger partial charge in [-0.15, -0.1) is 0 Å². The van der Waals surface area contributed by atoms with Crippen LogP contribution in [0.2, 0.25) is 0 Å². The lowest BCUT2D eigenvalue weighted by Crippen LogP contribution is -2.48. The van der Waals surface area contributed by atoms with Gasteiger partial charge >= 0.3 is 30.0 Å². The molecule has 0 bridgehead atoms. The van der Waals surface area contributed by atoms with Crippen LogP contribution < -0.4 is 43.0 Å². The fraction of sp³-hybridized carbons (Fsp3) is 0.562. The van der Waals surface area contributed by atoms with E-state index in [1.807, 2.05) is 0 Å². The van der Waals surface area contributed by atoms with Crippen molar-refractivity contribution in [1.29, 1.82) is 0 Å². The van der Waals surface area contributed by atoms with Gasteiger partial charge in [-0.2, -0.15) is 0 Å². The number of nitrogens with one attached hydrogen (secondary N) is 7. The van der Waals surface area contributed by atoms with Crippen LogP contribution >= 0.6 is 45.2 Å². The van der Waals surface area contributed by atoms with Gasteiger partial charge in [0.1, 0.15) is 28.9 Å². The zero-order valence-corrected chi connectivity index (χ0v) is 78.7. The molecule has 704 valence electrons. The van der Waals surface area contributed by atoms with E-state index in [1.54, 1.807) is 136 Å². The quantitative estimate of drug-likeness (QED) is 0.00646. The summed E-state index contributed by atoms with van der Waals surface area (Å²) in [5.41, 5.74) is 5.54. The average Bonchev–Trinajstić information content (AvgIpc) is 0.830. The van der Waals surface area contributed by atoms with Gasteiger partial charge in [-0.1, -0.05) is 13.8 Å². The zero-order valence-electron chi connectivity index (χ0n) is 74.4. The molecule has 4 aromatic rings. The molecule has 0 saturated heterocycles. The lowest BCUT2D eigenvalue weighted by Gasteiger charge is -2.26. The second-order valence-electron chi connectivity index (χ2n) is 32.1. The number of amides is 7. The molecule has 7 amide bonds. The molecule has 4 aromatic carbocycles. The summed E-state index contributed by atoms with van der Waals surface area (Å²) in [6.07, 6.45) is 0.387. The average molecular weight is 2010 g/mol. The Morgan fingerprint density at radius 2 is 0.630 bits per heavy atom. The highest BCUT2D eigenvalue weighted by Gasteiger charge is 2.32. The lowest BCUT2D eigenvalue weighted by atomic mass is 9.99. The first-order valence-electron chi connectivity index (χ1n) is 41.9. The van der Waals surface area contributed by atoms with Crippen LogP contribution in [-0.2, 0) is 90.5 Å². The van der Waals surface area contributed by atoms with Crippen LogP contribution in [0.25, 0.3) is 0 Å². The summed E-state index contributed by atoms with van der Waals surface area (Å²) in [6, 6.07) is 20.6. The molecule has 0 radical (unpaired) electrons. The number of carboxylic acid groups (broad SMARTS) is 2. The summed E-state index contributed by atoms with van der Waals surface area (Å²) in [4.78, 5) is 186. The molecule has 127 heavy (non-hydrogen) atoms. The normalized spacial score (nSPS) is 12.3. The van der Waals surface area contributed by atoms with Gasteiger partial charge in [0.25, 0.3) is 11.8 Å². The van der Waals surface area contributed by atoms with E-state index in [9.17, 15) is 71.9 Å². The Morgan fingerprint density at radius 3 is 0.929 bits per heavy atom. The molecule has 2 unspecified atom stereocenters. The minimum absolute atomic E-state index is 0.00855. The molecule has 0 saturated carbocycles. The van der Waals surface area contributed by atoms with Crippen molar-refractivity contribution in [1.82, 2.24) is 26.6 Å². The number of benzene rings is 4. The van der Waals surface area contributed by atoms with Gasteiger partial charge in [-0.05, 0) is 218 Å². The Balaban J connectivity index is 0.000000674. The fourth-order valence-corrected chi connectivity index (χ4v) is 11.5. The lowest BCUT2D eigenvalue weighted by molar-refractivity contribution is -0.160. The van der Waals surface area contributed by atoms with Gasteiger partial charge in [0.05, 0.1) is 104 Å². The highest BCUT2D eigenvalue weighted by Crippen LogP contribution is 2.24. The summed E-state index contributed by atoms with van der Waals surface area (Å²) < 4.78 is 62.0. The highest BCUT2D eigenvalue weighted by atomic mass is 127. The van der Waals surface area contributed by atoms with Gasteiger partial charge in [-0.25, -0.2) is 9.59 Å². The number of ether oxygens (including phenoxy) is 11. The molecule has 4 rings (SSSR count). The molecule has 11 N–H and O–H groups in total. The molecular formula is C89H126I2N8O28. The standard InChI is InChI=1S/C51H75IN4O15.C38H51IN4O13/c1-34(46(62)69-49(2,3)4)29-43(59)53-19-23-67-27-25-65-21-11-13-41(57)36-30-37(32-39(31-36)55-45(61)35-15-17-38(52)18-16-35)42(58)14-12-22-66-26-28-68-24-20-54-44(60)33-40(47(63)70-50(5,6)7)56-48(64)71-51(8,9)10;1-25(37(49)50)20-34(46)41-10-14-55-18-16-53-12-2-4-32(44)27-21-28(23-30(22-27)43-36(48)26-6-8-29(39)9-7-26)33(45)5-3-13-54-17-19-56-15-11-42-35(47)24-31(40)38(51)52/h15-18,30-32,34,40H,11-14,19-29,33H2,1-10H3,(H,53,59)(H,54,60)(H,55,61)(H,56,64);6-9,21-23,25,31H,2-5,10-20,24,40H2,1H3,(H,41,46)(H,42,47)(H,43,48)(H,49,50)(H,51,52)/t34-,40?;25-,31?/m00/s1. The number of ketones is 4. The van der Waals surface area contributed by atoms with Crippen molar-refractivity contribution in [3.63, 3.8) is 0 Å². The SMILES string of the molecule is C[C@@H](CC(=O)NCCOCCOCCCC(=O)c1cc(NC(=O)c2ccc(I)cc2)cc(C(=O)CCCOCCOCCNC(=O)CC(N)C(=O)O)c1)C(=O)O.C[C@@H](CC(=O)NCCOCCOCCCC(=O)c1cc(NC(=O)c2ccc(I)cc2)cc(C(=O)CCCOCCOCCNC(=O)CC(NC(=O)OC(C)(C)C)C(=O)OC(C)(C)C)c1)C(=O)OC(C)(C)C. The van der Waals surface area contributed by atoms with Crippen LogP contribution in [0.3, 0.4) is 0 Å². The van der Waals surface area contributed by atoms with Crippen LogP contribution in [0.15, 0.2) is 84.9 Å². The number of carbonyl (C=O) groups is 15. The number of esters is 2.